The van der Waals surface area contributed by atoms with E-state index in [-0.39, 0.29) is 5.43 Å². The largest absolute Gasteiger partial charge is 0.182 e. The van der Waals surface area contributed by atoms with Crippen molar-refractivity contribution in [1.82, 2.24) is 0 Å². The molecular weight excluding hydrogens is 807 g/mol. The first-order chi connectivity index (χ1) is 24.9. The second-order valence-corrected chi connectivity index (χ2v) is 39.2. The van der Waals surface area contributed by atoms with Gasteiger partial charge in [-0.3, -0.25) is 0 Å². The summed E-state index contributed by atoms with van der Waals surface area (Å²) in [5.41, 5.74) is 13.3. The van der Waals surface area contributed by atoms with Crippen LogP contribution in [-0.4, -0.2) is 5.43 Å². The SMILES string of the molecule is C[Si](C)=[Zr]([Cl])[Cl].Cc1ccc(-c2cc3c(-c4ccccc4)c(C)c(C)cc3[cH-]2)s1.Cc1ccc(-c2cc3c(-c4ccccc4)c(C)c(C)cc3[cH-]2)s1. The van der Waals surface area contributed by atoms with Crippen LogP contribution in [0.15, 0.2) is 121 Å². The van der Waals surface area contributed by atoms with Gasteiger partial charge in [0, 0.05) is 0 Å². The summed E-state index contributed by atoms with van der Waals surface area (Å²) >= 11 is 2.08. The molecule has 0 radical (unpaired) electrons. The van der Waals surface area contributed by atoms with Crippen LogP contribution >= 0.6 is 39.7 Å². The molecule has 0 spiro atoms. The molecule has 0 fully saturated rings. The number of hydrogen-bond acceptors (Lipinski definition) is 2. The Morgan fingerprint density at radius 1 is 0.519 bits per heavy atom. The first kappa shape index (κ1) is 38.9. The number of thiophene rings is 2. The van der Waals surface area contributed by atoms with Crippen LogP contribution in [0.3, 0.4) is 0 Å². The van der Waals surface area contributed by atoms with Crippen LogP contribution in [0.2, 0.25) is 13.1 Å². The predicted molar refractivity (Wildman–Crippen MR) is 234 cm³/mol. The van der Waals surface area contributed by atoms with E-state index in [1.807, 2.05) is 22.7 Å². The van der Waals surface area contributed by atoms with Crippen molar-refractivity contribution in [2.75, 3.05) is 0 Å². The zero-order valence-electron chi connectivity index (χ0n) is 31.1. The summed E-state index contributed by atoms with van der Waals surface area (Å²) < 4.78 is 0. The summed E-state index contributed by atoms with van der Waals surface area (Å²) in [7, 11) is 11.2. The van der Waals surface area contributed by atoms with E-state index in [2.05, 4.69) is 176 Å². The first-order valence-corrected chi connectivity index (χ1v) is 31.7. The summed E-state index contributed by atoms with van der Waals surface area (Å²) in [4.78, 5) is 5.43. The molecule has 0 saturated heterocycles. The van der Waals surface area contributed by atoms with Crippen molar-refractivity contribution in [3.05, 3.63) is 153 Å². The van der Waals surface area contributed by atoms with Crippen molar-refractivity contribution in [2.45, 2.75) is 54.6 Å². The van der Waals surface area contributed by atoms with Crippen molar-refractivity contribution in [3.63, 3.8) is 0 Å². The Morgan fingerprint density at radius 2 is 0.885 bits per heavy atom. The maximum absolute atomic E-state index is 5.62. The van der Waals surface area contributed by atoms with Crippen LogP contribution in [0.25, 0.3) is 64.7 Å². The van der Waals surface area contributed by atoms with Crippen LogP contribution in [-0.2, 0) is 18.0 Å². The van der Waals surface area contributed by atoms with Crippen molar-refractivity contribution in [2.24, 2.45) is 0 Å². The monoisotopic (exact) mass is 848 g/mol. The molecule has 0 N–H and O–H groups in total. The van der Waals surface area contributed by atoms with Gasteiger partial charge in [-0.05, 0) is 83.3 Å². The molecule has 8 aromatic rings. The normalized spacial score (nSPS) is 10.9. The Morgan fingerprint density at radius 3 is 1.19 bits per heavy atom. The summed E-state index contributed by atoms with van der Waals surface area (Å²) in [5, 5.41) is 5.40. The third-order valence-corrected chi connectivity index (χ3v) is 31.5. The predicted octanol–water partition coefficient (Wildman–Crippen LogP) is 15.9. The summed E-state index contributed by atoms with van der Waals surface area (Å²) in [5.74, 6) is 0. The summed E-state index contributed by atoms with van der Waals surface area (Å²) in [6, 6.07) is 44.4. The second-order valence-electron chi connectivity index (χ2n) is 13.7. The van der Waals surface area contributed by atoms with Gasteiger partial charge in [0.15, 0.2) is 0 Å². The fraction of sp³-hybridized carbons (Fsp3) is 0.174. The van der Waals surface area contributed by atoms with Crippen LogP contribution in [0.1, 0.15) is 32.0 Å². The van der Waals surface area contributed by atoms with Crippen molar-refractivity contribution < 1.29 is 18.0 Å². The smallest absolute Gasteiger partial charge is 0.00658 e. The number of fused-ring (bicyclic) bond motifs is 2. The van der Waals surface area contributed by atoms with Crippen molar-refractivity contribution >= 4 is 66.7 Å². The Kier molecular flexibility index (Phi) is 12.8. The minimum Gasteiger partial charge on any atom is -0.182 e. The van der Waals surface area contributed by atoms with Crippen LogP contribution in [0.4, 0.5) is 0 Å². The maximum Gasteiger partial charge on any atom is -0.00658 e. The molecule has 0 aliphatic rings. The molecule has 0 amide bonds. The number of hydrogen-bond donors (Lipinski definition) is 0. The van der Waals surface area contributed by atoms with E-state index in [9.17, 15) is 0 Å². The molecule has 0 nitrogen and oxygen atoms in total. The number of halogens is 2. The van der Waals surface area contributed by atoms with Gasteiger partial charge in [-0.15, -0.1) is 69.1 Å². The minimum atomic E-state index is -1.65. The van der Waals surface area contributed by atoms with Gasteiger partial charge in [-0.2, -0.15) is 22.7 Å². The van der Waals surface area contributed by atoms with Gasteiger partial charge in [-0.25, -0.2) is 0 Å². The Labute approximate surface area is 332 Å². The minimum absolute atomic E-state index is 0.224. The quantitative estimate of drug-likeness (QED) is 0.122. The van der Waals surface area contributed by atoms with Gasteiger partial charge < -0.3 is 0 Å². The van der Waals surface area contributed by atoms with Gasteiger partial charge in [0.05, 0.1) is 0 Å². The van der Waals surface area contributed by atoms with Crippen LogP contribution < -0.4 is 0 Å². The number of aryl methyl sites for hydroxylation is 4. The summed E-state index contributed by atoms with van der Waals surface area (Å²) in [6.07, 6.45) is 0. The fourth-order valence-electron chi connectivity index (χ4n) is 6.62. The van der Waals surface area contributed by atoms with Gasteiger partial charge >= 0.3 is 53.5 Å². The van der Waals surface area contributed by atoms with Gasteiger partial charge in [0.1, 0.15) is 0 Å². The standard InChI is InChI=1S/2C22H19S.C2H6Si.2ClH.Zr/c2*1-14-11-18-12-19(21-10-9-15(2)23-21)13-20(18)22(16(14)3)17-7-5-4-6-8-17;1-3-2;;;/h2*4-13H,1-3H3;1-2H3;2*1H;/q2*-1;;;;+2/p-2. The molecule has 0 aliphatic carbocycles. The molecule has 264 valence electrons. The molecular formula is C46H44Cl2S2SiZr-2. The van der Waals surface area contributed by atoms with E-state index in [0.29, 0.717) is 0 Å². The molecule has 8 rings (SSSR count). The van der Waals surface area contributed by atoms with E-state index >= 15 is 0 Å². The molecule has 0 saturated carbocycles. The molecule has 2 heterocycles. The molecule has 52 heavy (non-hydrogen) atoms. The van der Waals surface area contributed by atoms with Gasteiger partial charge in [-0.1, -0.05) is 107 Å². The van der Waals surface area contributed by atoms with Crippen LogP contribution in [0.5, 0.6) is 0 Å². The third-order valence-electron chi connectivity index (χ3n) is 9.61. The zero-order chi connectivity index (χ0) is 37.1. The number of benzene rings is 4. The summed E-state index contributed by atoms with van der Waals surface area (Å²) in [6.45, 7) is 17.6. The Hall–Kier alpha value is -2.82. The molecule has 0 bridgehead atoms. The topological polar surface area (TPSA) is 0 Å². The molecule has 6 heteroatoms. The molecule has 0 unspecified atom stereocenters. The zero-order valence-corrected chi connectivity index (χ0v) is 37.7. The third kappa shape index (κ3) is 8.76. The Bertz CT molecular complexity index is 2330. The van der Waals surface area contributed by atoms with Gasteiger partial charge in [0.25, 0.3) is 0 Å². The molecule has 0 atom stereocenters. The molecule has 6 aromatic carbocycles. The van der Waals surface area contributed by atoms with E-state index in [0.717, 1.165) is 0 Å². The molecule has 2 aromatic heterocycles. The van der Waals surface area contributed by atoms with Crippen LogP contribution in [0, 0.1) is 41.5 Å². The molecule has 0 aliphatic heterocycles. The second kappa shape index (κ2) is 17.1. The van der Waals surface area contributed by atoms with E-state index in [4.69, 9.17) is 17.0 Å². The van der Waals surface area contributed by atoms with Crippen molar-refractivity contribution in [1.29, 1.82) is 0 Å². The van der Waals surface area contributed by atoms with E-state index < -0.39 is 18.0 Å². The van der Waals surface area contributed by atoms with Crippen molar-refractivity contribution in [3.8, 4) is 43.1 Å². The first-order valence-electron chi connectivity index (χ1n) is 17.6. The average Bonchev–Trinajstić information content (AvgIpc) is 3.94. The maximum atomic E-state index is 5.62. The average molecular weight is 851 g/mol. The number of rotatable bonds is 4. The van der Waals surface area contributed by atoms with Gasteiger partial charge in [0.2, 0.25) is 0 Å². The van der Waals surface area contributed by atoms with E-state index in [1.165, 1.54) is 96.7 Å². The van der Waals surface area contributed by atoms with E-state index in [1.54, 1.807) is 0 Å². The fourth-order valence-corrected chi connectivity index (χ4v) is 8.33. The Balaban J connectivity index is 0.000000155.